The van der Waals surface area contributed by atoms with Gasteiger partial charge in [-0.3, -0.25) is 0 Å². The maximum Gasteiger partial charge on any atom is 0.103 e. The highest BCUT2D eigenvalue weighted by atomic mass is 32.2. The summed E-state index contributed by atoms with van der Waals surface area (Å²) in [6.45, 7) is 0. The lowest BCUT2D eigenvalue weighted by Gasteiger charge is -2.20. The van der Waals surface area contributed by atoms with Gasteiger partial charge in [-0.1, -0.05) is 19.3 Å². The van der Waals surface area contributed by atoms with Crippen LogP contribution in [-0.2, 0) is 12.2 Å². The average Bonchev–Trinajstić information content (AvgIpc) is 2.82. The summed E-state index contributed by atoms with van der Waals surface area (Å²) < 4.78 is 0. The van der Waals surface area contributed by atoms with Crippen LogP contribution >= 0.6 is 23.1 Å². The molecule has 4 heteroatoms. The summed E-state index contributed by atoms with van der Waals surface area (Å²) >= 11 is 3.83. The predicted octanol–water partition coefficient (Wildman–Crippen LogP) is 4.08. The second kappa shape index (κ2) is 5.93. The van der Waals surface area contributed by atoms with Crippen LogP contribution in [0.1, 0.15) is 66.6 Å². The van der Waals surface area contributed by atoms with Crippen LogP contribution in [-0.4, -0.2) is 15.3 Å². The largest absolute Gasteiger partial charge is 0.388 e. The van der Waals surface area contributed by atoms with E-state index in [0.717, 1.165) is 35.1 Å². The number of hydrogen-bond acceptors (Lipinski definition) is 4. The van der Waals surface area contributed by atoms with Crippen molar-refractivity contribution in [1.82, 2.24) is 4.98 Å². The number of nitrogens with zero attached hydrogens (tertiary/aromatic N) is 1. The quantitative estimate of drug-likeness (QED) is 0.907. The highest BCUT2D eigenvalue weighted by molar-refractivity contribution is 7.99. The highest BCUT2D eigenvalue weighted by Crippen LogP contribution is 2.37. The van der Waals surface area contributed by atoms with Crippen LogP contribution in [0.2, 0.25) is 0 Å². The first-order valence-electron chi connectivity index (χ1n) is 7.11. The fraction of sp³-hybridized carbons (Fsp3) is 0.786. The van der Waals surface area contributed by atoms with E-state index in [0.29, 0.717) is 0 Å². The summed E-state index contributed by atoms with van der Waals surface area (Å²) in [5.41, 5.74) is 1.18. The molecule has 0 amide bonds. The van der Waals surface area contributed by atoms with Gasteiger partial charge in [-0.05, 0) is 32.1 Å². The van der Waals surface area contributed by atoms with Crippen molar-refractivity contribution in [2.24, 2.45) is 0 Å². The summed E-state index contributed by atoms with van der Waals surface area (Å²) in [6, 6.07) is 0. The van der Waals surface area contributed by atoms with Crippen molar-refractivity contribution in [3.63, 3.8) is 0 Å². The molecule has 1 saturated carbocycles. The SMILES string of the molecule is OC1CCCc2nc(CSC3CCCCC3)sc21. The number of thiazole rings is 1. The van der Waals surface area contributed by atoms with Gasteiger partial charge in [-0.2, -0.15) is 11.8 Å². The molecule has 1 heterocycles. The Morgan fingerprint density at radius 1 is 1.17 bits per heavy atom. The molecule has 1 aromatic heterocycles. The summed E-state index contributed by atoms with van der Waals surface area (Å²) in [5.74, 6) is 1.05. The Hall–Kier alpha value is -0.0600. The van der Waals surface area contributed by atoms with E-state index >= 15 is 0 Å². The molecule has 0 bridgehead atoms. The predicted molar refractivity (Wildman–Crippen MR) is 78.2 cm³/mol. The molecular weight excluding hydrogens is 262 g/mol. The molecule has 0 spiro atoms. The summed E-state index contributed by atoms with van der Waals surface area (Å²) in [4.78, 5) is 5.88. The molecule has 2 aliphatic rings. The van der Waals surface area contributed by atoms with Crippen molar-refractivity contribution in [2.75, 3.05) is 0 Å². The number of fused-ring (bicyclic) bond motifs is 1. The lowest BCUT2D eigenvalue weighted by molar-refractivity contribution is 0.160. The van der Waals surface area contributed by atoms with Gasteiger partial charge in [0.2, 0.25) is 0 Å². The molecule has 0 saturated heterocycles. The summed E-state index contributed by atoms with van der Waals surface area (Å²) in [6.07, 6.45) is 9.86. The number of aromatic nitrogens is 1. The van der Waals surface area contributed by atoms with Crippen LogP contribution < -0.4 is 0 Å². The number of thioether (sulfide) groups is 1. The molecule has 1 unspecified atom stereocenters. The molecule has 1 fully saturated rings. The molecule has 1 aromatic rings. The van der Waals surface area contributed by atoms with Crippen LogP contribution in [0, 0.1) is 0 Å². The molecule has 2 nitrogen and oxygen atoms in total. The third-order valence-corrected chi connectivity index (χ3v) is 6.72. The van der Waals surface area contributed by atoms with Gasteiger partial charge in [-0.25, -0.2) is 4.98 Å². The van der Waals surface area contributed by atoms with E-state index in [-0.39, 0.29) is 6.10 Å². The van der Waals surface area contributed by atoms with Gasteiger partial charge in [0.15, 0.2) is 0 Å². The fourth-order valence-electron chi connectivity index (χ4n) is 2.93. The van der Waals surface area contributed by atoms with Crippen LogP contribution in [0.5, 0.6) is 0 Å². The number of aryl methyl sites for hydroxylation is 1. The van der Waals surface area contributed by atoms with E-state index in [2.05, 4.69) is 11.8 Å². The van der Waals surface area contributed by atoms with E-state index in [1.165, 1.54) is 42.8 Å². The Kier molecular flexibility index (Phi) is 4.27. The minimum absolute atomic E-state index is 0.236. The molecule has 1 N–H and O–H groups in total. The zero-order valence-corrected chi connectivity index (χ0v) is 12.4. The Morgan fingerprint density at radius 3 is 2.78 bits per heavy atom. The van der Waals surface area contributed by atoms with Gasteiger partial charge in [-0.15, -0.1) is 11.3 Å². The zero-order chi connectivity index (χ0) is 12.4. The van der Waals surface area contributed by atoms with Crippen molar-refractivity contribution in [3.8, 4) is 0 Å². The first kappa shape index (κ1) is 12.9. The Balaban J connectivity index is 1.59. The molecule has 100 valence electrons. The summed E-state index contributed by atoms with van der Waals surface area (Å²) in [5, 5.41) is 12.0. The normalized spacial score (nSPS) is 25.1. The Labute approximate surface area is 117 Å². The van der Waals surface area contributed by atoms with Crippen molar-refractivity contribution in [3.05, 3.63) is 15.6 Å². The topological polar surface area (TPSA) is 33.1 Å². The van der Waals surface area contributed by atoms with Crippen molar-refractivity contribution < 1.29 is 5.11 Å². The summed E-state index contributed by atoms with van der Waals surface area (Å²) in [7, 11) is 0. The van der Waals surface area contributed by atoms with Gasteiger partial charge in [0.1, 0.15) is 5.01 Å². The number of rotatable bonds is 3. The molecule has 3 rings (SSSR count). The maximum atomic E-state index is 9.96. The molecule has 0 aliphatic heterocycles. The molecule has 2 aliphatic carbocycles. The number of hydrogen-bond donors (Lipinski definition) is 1. The standard InChI is InChI=1S/C14H21NOS2/c16-12-8-4-7-11-14(12)18-13(15-11)9-17-10-5-2-1-3-6-10/h10,12,16H,1-9H2. The maximum absolute atomic E-state index is 9.96. The first-order valence-corrected chi connectivity index (χ1v) is 8.97. The van der Waals surface area contributed by atoms with E-state index in [1.807, 2.05) is 0 Å². The molecule has 18 heavy (non-hydrogen) atoms. The van der Waals surface area contributed by atoms with Crippen molar-refractivity contribution in [2.45, 2.75) is 68.5 Å². The van der Waals surface area contributed by atoms with E-state index in [4.69, 9.17) is 4.98 Å². The lowest BCUT2D eigenvalue weighted by Crippen LogP contribution is -2.08. The second-order valence-corrected chi connectivity index (χ2v) is 7.80. The minimum Gasteiger partial charge on any atom is -0.388 e. The van der Waals surface area contributed by atoms with Crippen LogP contribution in [0.25, 0.3) is 0 Å². The Morgan fingerprint density at radius 2 is 2.00 bits per heavy atom. The molecule has 0 radical (unpaired) electrons. The van der Waals surface area contributed by atoms with Crippen molar-refractivity contribution in [1.29, 1.82) is 0 Å². The number of aliphatic hydroxyl groups is 1. The van der Waals surface area contributed by atoms with E-state index < -0.39 is 0 Å². The van der Waals surface area contributed by atoms with E-state index in [1.54, 1.807) is 11.3 Å². The third kappa shape index (κ3) is 2.91. The lowest BCUT2D eigenvalue weighted by atomic mass is 10.0. The third-order valence-electron chi connectivity index (χ3n) is 3.96. The smallest absolute Gasteiger partial charge is 0.103 e. The highest BCUT2D eigenvalue weighted by Gasteiger charge is 2.23. The minimum atomic E-state index is -0.236. The molecular formula is C14H21NOS2. The number of aliphatic hydroxyl groups excluding tert-OH is 1. The van der Waals surface area contributed by atoms with Gasteiger partial charge in [0, 0.05) is 11.0 Å². The first-order chi connectivity index (χ1) is 8.83. The Bertz CT molecular complexity index is 398. The molecule has 0 aromatic carbocycles. The fourth-order valence-corrected chi connectivity index (χ4v) is 5.41. The van der Waals surface area contributed by atoms with Crippen molar-refractivity contribution >= 4 is 23.1 Å². The monoisotopic (exact) mass is 283 g/mol. The van der Waals surface area contributed by atoms with Crippen LogP contribution in [0.15, 0.2) is 0 Å². The van der Waals surface area contributed by atoms with Crippen LogP contribution in [0.4, 0.5) is 0 Å². The molecule has 1 atom stereocenters. The van der Waals surface area contributed by atoms with Gasteiger partial charge in [0.25, 0.3) is 0 Å². The average molecular weight is 283 g/mol. The van der Waals surface area contributed by atoms with E-state index in [9.17, 15) is 5.11 Å². The van der Waals surface area contributed by atoms with Gasteiger partial charge >= 0.3 is 0 Å². The van der Waals surface area contributed by atoms with Crippen LogP contribution in [0.3, 0.4) is 0 Å². The van der Waals surface area contributed by atoms with Gasteiger partial charge < -0.3 is 5.11 Å². The zero-order valence-electron chi connectivity index (χ0n) is 10.7. The van der Waals surface area contributed by atoms with Gasteiger partial charge in [0.05, 0.1) is 16.7 Å². The second-order valence-electron chi connectivity index (χ2n) is 5.40.